The van der Waals surface area contributed by atoms with Crippen molar-refractivity contribution in [3.63, 3.8) is 0 Å². The molecular formula is C9H9ClO3. The van der Waals surface area contributed by atoms with Crippen molar-refractivity contribution in [2.45, 2.75) is 0 Å². The molecule has 70 valence electrons. The standard InChI is InChI=1S/C9H9ClO3/c10-6-7-12-13-9(11)8-4-2-1-3-5-8/h1-5H,6-7H2. The molecule has 0 spiro atoms. The smallest absolute Gasteiger partial charge is 0.293 e. The van der Waals surface area contributed by atoms with E-state index in [1.165, 1.54) is 0 Å². The highest BCUT2D eigenvalue weighted by Gasteiger charge is 2.05. The van der Waals surface area contributed by atoms with Gasteiger partial charge in [-0.15, -0.1) is 11.6 Å². The first-order valence-electron chi connectivity index (χ1n) is 3.79. The summed E-state index contributed by atoms with van der Waals surface area (Å²) < 4.78 is 0. The van der Waals surface area contributed by atoms with Gasteiger partial charge in [-0.1, -0.05) is 18.2 Å². The zero-order valence-corrected chi connectivity index (χ0v) is 7.66. The van der Waals surface area contributed by atoms with E-state index in [1.807, 2.05) is 6.07 Å². The molecule has 0 aliphatic heterocycles. The van der Waals surface area contributed by atoms with E-state index in [-0.39, 0.29) is 6.61 Å². The molecule has 0 fully saturated rings. The zero-order valence-electron chi connectivity index (χ0n) is 6.90. The Bertz CT molecular complexity index is 261. The second-order valence-electron chi connectivity index (χ2n) is 2.25. The number of halogens is 1. The summed E-state index contributed by atoms with van der Waals surface area (Å²) in [6.45, 7) is 0.195. The minimum atomic E-state index is -0.509. The van der Waals surface area contributed by atoms with E-state index in [2.05, 4.69) is 9.78 Å². The van der Waals surface area contributed by atoms with E-state index in [0.717, 1.165) is 0 Å². The fourth-order valence-electron chi connectivity index (χ4n) is 0.749. The molecule has 0 heterocycles. The molecule has 0 aliphatic carbocycles. The van der Waals surface area contributed by atoms with Crippen LogP contribution in [0.25, 0.3) is 0 Å². The number of carbonyl (C=O) groups is 1. The van der Waals surface area contributed by atoms with Gasteiger partial charge >= 0.3 is 5.97 Å². The van der Waals surface area contributed by atoms with E-state index >= 15 is 0 Å². The molecule has 4 heteroatoms. The van der Waals surface area contributed by atoms with Crippen molar-refractivity contribution in [1.82, 2.24) is 0 Å². The van der Waals surface area contributed by atoms with E-state index in [1.54, 1.807) is 24.3 Å². The third-order valence-electron chi connectivity index (χ3n) is 1.30. The highest BCUT2D eigenvalue weighted by atomic mass is 35.5. The SMILES string of the molecule is O=C(OOCCCl)c1ccccc1. The van der Waals surface area contributed by atoms with Gasteiger partial charge in [-0.05, 0) is 12.1 Å². The van der Waals surface area contributed by atoms with Crippen molar-refractivity contribution in [2.75, 3.05) is 12.5 Å². The van der Waals surface area contributed by atoms with Gasteiger partial charge in [0.2, 0.25) is 0 Å². The van der Waals surface area contributed by atoms with E-state index in [9.17, 15) is 4.79 Å². The maximum atomic E-state index is 11.1. The number of rotatable bonds is 4. The van der Waals surface area contributed by atoms with E-state index in [4.69, 9.17) is 11.6 Å². The van der Waals surface area contributed by atoms with Crippen LogP contribution in [0.3, 0.4) is 0 Å². The van der Waals surface area contributed by atoms with Crippen LogP contribution in [0, 0.1) is 0 Å². The average Bonchev–Trinajstić information content (AvgIpc) is 2.19. The average molecular weight is 201 g/mol. The van der Waals surface area contributed by atoms with Crippen molar-refractivity contribution in [3.8, 4) is 0 Å². The summed E-state index contributed by atoms with van der Waals surface area (Å²) in [5.74, 6) is -0.215. The number of hydrogen-bond acceptors (Lipinski definition) is 3. The van der Waals surface area contributed by atoms with Gasteiger partial charge in [-0.2, -0.15) is 4.89 Å². The van der Waals surface area contributed by atoms with Crippen molar-refractivity contribution in [2.24, 2.45) is 0 Å². The first-order valence-corrected chi connectivity index (χ1v) is 4.33. The van der Waals surface area contributed by atoms with Crippen molar-refractivity contribution in [1.29, 1.82) is 0 Å². The number of alkyl halides is 1. The lowest BCUT2D eigenvalue weighted by atomic mass is 10.2. The highest BCUT2D eigenvalue weighted by molar-refractivity contribution is 6.17. The van der Waals surface area contributed by atoms with Gasteiger partial charge in [0.25, 0.3) is 0 Å². The minimum absolute atomic E-state index is 0.195. The predicted molar refractivity (Wildman–Crippen MR) is 48.5 cm³/mol. The van der Waals surface area contributed by atoms with Crippen molar-refractivity contribution >= 4 is 17.6 Å². The molecular weight excluding hydrogens is 192 g/mol. The fraction of sp³-hybridized carbons (Fsp3) is 0.222. The predicted octanol–water partition coefficient (Wildman–Crippen LogP) is 2.01. The van der Waals surface area contributed by atoms with Gasteiger partial charge in [0.15, 0.2) is 0 Å². The molecule has 0 bridgehead atoms. The van der Waals surface area contributed by atoms with Crippen LogP contribution in [-0.4, -0.2) is 18.5 Å². The molecule has 0 saturated carbocycles. The summed E-state index contributed by atoms with van der Waals surface area (Å²) in [4.78, 5) is 20.1. The van der Waals surface area contributed by atoms with Crippen molar-refractivity contribution < 1.29 is 14.6 Å². The molecule has 1 aromatic carbocycles. The van der Waals surface area contributed by atoms with Crippen LogP contribution in [0.4, 0.5) is 0 Å². The molecule has 0 atom stereocenters. The summed E-state index contributed by atoms with van der Waals surface area (Å²) in [5.41, 5.74) is 0.456. The Morgan fingerprint density at radius 3 is 2.62 bits per heavy atom. The molecule has 0 aliphatic rings. The van der Waals surface area contributed by atoms with Crippen LogP contribution in [0.2, 0.25) is 0 Å². The molecule has 3 nitrogen and oxygen atoms in total. The Balaban J connectivity index is 2.40. The summed E-state index contributed by atoms with van der Waals surface area (Å²) in [6, 6.07) is 8.60. The Kier molecular flexibility index (Phi) is 4.29. The number of hydrogen-bond donors (Lipinski definition) is 0. The minimum Gasteiger partial charge on any atom is -0.293 e. The number of benzene rings is 1. The molecule has 1 aromatic rings. The van der Waals surface area contributed by atoms with Gasteiger partial charge in [-0.3, -0.25) is 4.89 Å². The molecule has 0 amide bonds. The second kappa shape index (κ2) is 5.56. The van der Waals surface area contributed by atoms with Crippen LogP contribution in [0.15, 0.2) is 30.3 Å². The second-order valence-corrected chi connectivity index (χ2v) is 2.63. The molecule has 1 rings (SSSR count). The highest BCUT2D eigenvalue weighted by Crippen LogP contribution is 2.00. The first kappa shape index (κ1) is 10.0. The van der Waals surface area contributed by atoms with Crippen LogP contribution in [-0.2, 0) is 9.78 Å². The topological polar surface area (TPSA) is 35.5 Å². The lowest BCUT2D eigenvalue weighted by molar-refractivity contribution is -0.236. The number of carbonyl (C=O) groups excluding carboxylic acids is 1. The normalized spacial score (nSPS) is 9.62. The third-order valence-corrected chi connectivity index (χ3v) is 1.46. The maximum absolute atomic E-state index is 11.1. The first-order chi connectivity index (χ1) is 6.34. The van der Waals surface area contributed by atoms with Crippen LogP contribution >= 0.6 is 11.6 Å². The van der Waals surface area contributed by atoms with Crippen molar-refractivity contribution in [3.05, 3.63) is 35.9 Å². The van der Waals surface area contributed by atoms with Crippen LogP contribution in [0.1, 0.15) is 10.4 Å². The van der Waals surface area contributed by atoms with Gasteiger partial charge in [0.05, 0.1) is 11.4 Å². The largest absolute Gasteiger partial charge is 0.373 e. The van der Waals surface area contributed by atoms with Crippen LogP contribution < -0.4 is 0 Å². The van der Waals surface area contributed by atoms with Crippen LogP contribution in [0.5, 0.6) is 0 Å². The van der Waals surface area contributed by atoms with Gasteiger partial charge in [-0.25, -0.2) is 4.79 Å². The Hall–Kier alpha value is -1.06. The maximum Gasteiger partial charge on any atom is 0.373 e. The van der Waals surface area contributed by atoms with Gasteiger partial charge in [0.1, 0.15) is 6.61 Å². The summed E-state index contributed by atoms with van der Waals surface area (Å²) in [6.07, 6.45) is 0. The third kappa shape index (κ3) is 3.44. The summed E-state index contributed by atoms with van der Waals surface area (Å²) in [5, 5.41) is 0. The lowest BCUT2D eigenvalue weighted by Crippen LogP contribution is -2.07. The monoisotopic (exact) mass is 200 g/mol. The van der Waals surface area contributed by atoms with Gasteiger partial charge < -0.3 is 0 Å². The Labute approximate surface area is 81.1 Å². The Morgan fingerprint density at radius 2 is 2.00 bits per heavy atom. The summed E-state index contributed by atoms with van der Waals surface area (Å²) in [7, 11) is 0. The molecule has 0 aromatic heterocycles. The Morgan fingerprint density at radius 1 is 1.31 bits per heavy atom. The molecule has 0 saturated heterocycles. The molecule has 13 heavy (non-hydrogen) atoms. The molecule has 0 unspecified atom stereocenters. The van der Waals surface area contributed by atoms with E-state index < -0.39 is 5.97 Å². The van der Waals surface area contributed by atoms with Gasteiger partial charge in [0, 0.05) is 0 Å². The summed E-state index contributed by atoms with van der Waals surface area (Å²) >= 11 is 5.31. The lowest BCUT2D eigenvalue weighted by Gasteiger charge is -2.00. The molecule has 0 N–H and O–H groups in total. The van der Waals surface area contributed by atoms with E-state index in [0.29, 0.717) is 11.4 Å². The quantitative estimate of drug-likeness (QED) is 0.323. The zero-order chi connectivity index (χ0) is 9.52. The fourth-order valence-corrected chi connectivity index (χ4v) is 0.812. The molecule has 0 radical (unpaired) electrons.